The zero-order valence-electron chi connectivity index (χ0n) is 9.70. The highest BCUT2D eigenvalue weighted by Crippen LogP contribution is 2.27. The fourth-order valence-electron chi connectivity index (χ4n) is 2.33. The van der Waals surface area contributed by atoms with Crippen molar-refractivity contribution in [2.45, 2.75) is 13.5 Å². The first-order valence-electron chi connectivity index (χ1n) is 5.77. The summed E-state index contributed by atoms with van der Waals surface area (Å²) in [4.78, 5) is 4.42. The first kappa shape index (κ1) is 10.7. The summed E-state index contributed by atoms with van der Waals surface area (Å²) < 4.78 is 2.17. The molecular formula is C13H14ClN3. The second-order valence-corrected chi connectivity index (χ2v) is 4.74. The Morgan fingerprint density at radius 3 is 3.12 bits per heavy atom. The van der Waals surface area contributed by atoms with E-state index in [2.05, 4.69) is 34.1 Å². The van der Waals surface area contributed by atoms with E-state index in [1.165, 1.54) is 10.9 Å². The fraction of sp³-hybridized carbons (Fsp3) is 0.308. The van der Waals surface area contributed by atoms with Crippen LogP contribution in [0.3, 0.4) is 0 Å². The Hall–Kier alpha value is -1.48. The van der Waals surface area contributed by atoms with Gasteiger partial charge in [0.15, 0.2) is 0 Å². The van der Waals surface area contributed by atoms with Crippen LogP contribution in [0.4, 0.5) is 0 Å². The number of aromatic nitrogens is 1. The molecule has 0 fully saturated rings. The van der Waals surface area contributed by atoms with E-state index >= 15 is 0 Å². The van der Waals surface area contributed by atoms with Gasteiger partial charge in [-0.15, -0.1) is 0 Å². The van der Waals surface area contributed by atoms with Gasteiger partial charge in [0, 0.05) is 18.1 Å². The van der Waals surface area contributed by atoms with Crippen molar-refractivity contribution in [3.8, 4) is 0 Å². The van der Waals surface area contributed by atoms with Gasteiger partial charge in [0.25, 0.3) is 0 Å². The van der Waals surface area contributed by atoms with Crippen LogP contribution in [-0.4, -0.2) is 23.5 Å². The molecule has 3 rings (SSSR count). The van der Waals surface area contributed by atoms with Crippen molar-refractivity contribution < 1.29 is 0 Å². The van der Waals surface area contributed by atoms with Gasteiger partial charge in [0.2, 0.25) is 0 Å². The lowest BCUT2D eigenvalue weighted by atomic mass is 10.2. The molecule has 0 radical (unpaired) electrons. The average molecular weight is 248 g/mol. The minimum Gasteiger partial charge on any atom is -0.370 e. The number of benzene rings is 1. The van der Waals surface area contributed by atoms with Gasteiger partial charge in [0.05, 0.1) is 23.6 Å². The van der Waals surface area contributed by atoms with E-state index in [9.17, 15) is 0 Å². The van der Waals surface area contributed by atoms with Gasteiger partial charge in [-0.3, -0.25) is 4.99 Å². The number of nitrogens with one attached hydrogen (secondary N) is 1. The smallest absolute Gasteiger partial charge is 0.117 e. The third-order valence-corrected chi connectivity index (χ3v) is 3.42. The van der Waals surface area contributed by atoms with Crippen LogP contribution in [0.15, 0.2) is 29.4 Å². The molecule has 0 amide bonds. The Labute approximate surface area is 105 Å². The highest BCUT2D eigenvalue weighted by Gasteiger charge is 2.11. The van der Waals surface area contributed by atoms with Crippen molar-refractivity contribution in [2.24, 2.45) is 4.99 Å². The lowest BCUT2D eigenvalue weighted by Crippen LogP contribution is -2.23. The summed E-state index contributed by atoms with van der Waals surface area (Å²) in [5.74, 6) is 1.04. The molecule has 0 bridgehead atoms. The van der Waals surface area contributed by atoms with Gasteiger partial charge >= 0.3 is 0 Å². The van der Waals surface area contributed by atoms with Crippen LogP contribution < -0.4 is 5.32 Å². The number of fused-ring (bicyclic) bond motifs is 1. The van der Waals surface area contributed by atoms with Crippen molar-refractivity contribution in [3.05, 3.63) is 35.0 Å². The summed E-state index contributed by atoms with van der Waals surface area (Å²) in [5, 5.41) is 5.30. The summed E-state index contributed by atoms with van der Waals surface area (Å²) in [6.45, 7) is 4.70. The minimum atomic E-state index is 0.772. The number of hydrogen-bond acceptors (Lipinski definition) is 2. The first-order valence-corrected chi connectivity index (χ1v) is 6.14. The molecule has 0 atom stereocenters. The van der Waals surface area contributed by atoms with Gasteiger partial charge in [-0.05, 0) is 18.6 Å². The SMILES string of the molecule is Cc1cn(CC2=NCCN2)c2c(Cl)cccc12. The van der Waals surface area contributed by atoms with Crippen molar-refractivity contribution >= 4 is 28.3 Å². The van der Waals surface area contributed by atoms with E-state index in [0.29, 0.717) is 0 Å². The highest BCUT2D eigenvalue weighted by molar-refractivity contribution is 6.35. The minimum absolute atomic E-state index is 0.772. The monoisotopic (exact) mass is 247 g/mol. The van der Waals surface area contributed by atoms with E-state index in [0.717, 1.165) is 36.0 Å². The lowest BCUT2D eigenvalue weighted by Gasteiger charge is -2.07. The van der Waals surface area contributed by atoms with E-state index in [-0.39, 0.29) is 0 Å². The number of rotatable bonds is 2. The number of hydrogen-bond donors (Lipinski definition) is 1. The predicted molar refractivity (Wildman–Crippen MR) is 72.0 cm³/mol. The molecule has 0 aliphatic carbocycles. The maximum absolute atomic E-state index is 6.28. The normalized spacial score (nSPS) is 15.1. The molecule has 0 unspecified atom stereocenters. The Morgan fingerprint density at radius 1 is 1.47 bits per heavy atom. The van der Waals surface area contributed by atoms with E-state index in [1.54, 1.807) is 0 Å². The molecule has 2 aromatic rings. The fourth-order valence-corrected chi connectivity index (χ4v) is 2.62. The molecule has 88 valence electrons. The molecule has 4 heteroatoms. The van der Waals surface area contributed by atoms with Crippen molar-refractivity contribution in [2.75, 3.05) is 13.1 Å². The maximum atomic E-state index is 6.28. The molecular weight excluding hydrogens is 234 g/mol. The summed E-state index contributed by atoms with van der Waals surface area (Å²) in [7, 11) is 0. The van der Waals surface area contributed by atoms with Crippen molar-refractivity contribution in [1.82, 2.24) is 9.88 Å². The molecule has 17 heavy (non-hydrogen) atoms. The Kier molecular flexibility index (Phi) is 2.56. The zero-order chi connectivity index (χ0) is 11.8. The van der Waals surface area contributed by atoms with E-state index < -0.39 is 0 Å². The Morgan fingerprint density at radius 2 is 2.35 bits per heavy atom. The van der Waals surface area contributed by atoms with Crippen LogP contribution in [0, 0.1) is 6.92 Å². The molecule has 1 aromatic heterocycles. The van der Waals surface area contributed by atoms with E-state index in [4.69, 9.17) is 11.6 Å². The largest absolute Gasteiger partial charge is 0.370 e. The van der Waals surface area contributed by atoms with Crippen LogP contribution in [0.2, 0.25) is 5.02 Å². The molecule has 1 aromatic carbocycles. The maximum Gasteiger partial charge on any atom is 0.117 e. The van der Waals surface area contributed by atoms with Gasteiger partial charge in [-0.25, -0.2) is 0 Å². The second kappa shape index (κ2) is 4.08. The molecule has 3 nitrogen and oxygen atoms in total. The Balaban J connectivity index is 2.09. The standard InChI is InChI=1S/C13H14ClN3/c1-9-7-17(8-12-15-5-6-16-12)13-10(9)3-2-4-11(13)14/h2-4,7H,5-6,8H2,1H3,(H,15,16). The van der Waals surface area contributed by atoms with Crippen LogP contribution in [0.5, 0.6) is 0 Å². The molecule has 0 saturated carbocycles. The quantitative estimate of drug-likeness (QED) is 0.869. The van der Waals surface area contributed by atoms with Crippen molar-refractivity contribution in [3.63, 3.8) is 0 Å². The number of aryl methyl sites for hydroxylation is 1. The predicted octanol–water partition coefficient (Wildman–Crippen LogP) is 2.60. The zero-order valence-corrected chi connectivity index (χ0v) is 10.5. The third-order valence-electron chi connectivity index (χ3n) is 3.11. The molecule has 0 spiro atoms. The first-order chi connectivity index (χ1) is 8.25. The molecule has 1 aliphatic heterocycles. The average Bonchev–Trinajstić information content (AvgIpc) is 2.90. The number of para-hydroxylation sites is 1. The molecule has 2 heterocycles. The van der Waals surface area contributed by atoms with Crippen LogP contribution >= 0.6 is 11.6 Å². The van der Waals surface area contributed by atoms with Crippen molar-refractivity contribution in [1.29, 1.82) is 0 Å². The van der Waals surface area contributed by atoms with Gasteiger partial charge in [-0.2, -0.15) is 0 Å². The van der Waals surface area contributed by atoms with Gasteiger partial charge in [0.1, 0.15) is 5.84 Å². The third kappa shape index (κ3) is 1.80. The molecule has 0 saturated heterocycles. The van der Waals surface area contributed by atoms with Gasteiger partial charge < -0.3 is 9.88 Å². The van der Waals surface area contributed by atoms with Gasteiger partial charge in [-0.1, -0.05) is 23.7 Å². The summed E-state index contributed by atoms with van der Waals surface area (Å²) >= 11 is 6.28. The number of amidine groups is 1. The summed E-state index contributed by atoms with van der Waals surface area (Å²) in [6.07, 6.45) is 2.14. The number of aliphatic imine (C=N–C) groups is 1. The number of nitrogens with zero attached hydrogens (tertiary/aromatic N) is 2. The molecule has 1 N–H and O–H groups in total. The second-order valence-electron chi connectivity index (χ2n) is 4.33. The van der Waals surface area contributed by atoms with Crippen LogP contribution in [-0.2, 0) is 6.54 Å². The van der Waals surface area contributed by atoms with E-state index in [1.807, 2.05) is 12.1 Å². The van der Waals surface area contributed by atoms with Crippen LogP contribution in [0.1, 0.15) is 5.56 Å². The lowest BCUT2D eigenvalue weighted by molar-refractivity contribution is 0.860. The number of halogens is 1. The molecule has 1 aliphatic rings. The van der Waals surface area contributed by atoms with Crippen LogP contribution in [0.25, 0.3) is 10.9 Å². The summed E-state index contributed by atoms with van der Waals surface area (Å²) in [6, 6.07) is 6.04. The Bertz CT molecular complexity index is 598. The summed E-state index contributed by atoms with van der Waals surface area (Å²) in [5.41, 5.74) is 2.35. The highest BCUT2D eigenvalue weighted by atomic mass is 35.5. The topological polar surface area (TPSA) is 29.3 Å².